The van der Waals surface area contributed by atoms with Gasteiger partial charge in [-0.15, -0.1) is 0 Å². The minimum absolute atomic E-state index is 0.0949. The molecule has 0 aliphatic carbocycles. The number of nitrogens with one attached hydrogen (secondary N) is 1. The number of amides is 1. The van der Waals surface area contributed by atoms with E-state index in [0.717, 1.165) is 0 Å². The second-order valence-electron chi connectivity index (χ2n) is 5.41. The highest BCUT2D eigenvalue weighted by Gasteiger charge is 2.35. The third-order valence-electron chi connectivity index (χ3n) is 3.65. The van der Waals surface area contributed by atoms with Crippen LogP contribution in [0.3, 0.4) is 0 Å². The number of fused-ring (bicyclic) bond motifs is 1. The average molecular weight is 337 g/mol. The van der Waals surface area contributed by atoms with E-state index in [-0.39, 0.29) is 24.3 Å². The van der Waals surface area contributed by atoms with Gasteiger partial charge in [0.05, 0.1) is 25.6 Å². The summed E-state index contributed by atoms with van der Waals surface area (Å²) >= 11 is 0. The molecule has 0 bridgehead atoms. The standard InChI is InChI=1S/C14H19N5O5/c1-3-23-13-11-12(17-14(18-13)16-7(2)21)19(6-15-11)10-4-8(22)9(5-20)24-10/h6,8-10,20,22H,3-5H2,1-2H3,(H,16,17,18,21). The average Bonchev–Trinajstić information content (AvgIpc) is 3.10. The van der Waals surface area contributed by atoms with Gasteiger partial charge in [0, 0.05) is 13.3 Å². The summed E-state index contributed by atoms with van der Waals surface area (Å²) in [6.45, 7) is 3.27. The van der Waals surface area contributed by atoms with Crippen LogP contribution in [0.2, 0.25) is 0 Å². The van der Waals surface area contributed by atoms with Gasteiger partial charge in [0.15, 0.2) is 11.2 Å². The van der Waals surface area contributed by atoms with E-state index in [0.29, 0.717) is 24.2 Å². The third kappa shape index (κ3) is 3.03. The summed E-state index contributed by atoms with van der Waals surface area (Å²) in [6.07, 6.45) is -0.163. The summed E-state index contributed by atoms with van der Waals surface area (Å²) in [6, 6.07) is 0. The van der Waals surface area contributed by atoms with Crippen molar-refractivity contribution in [2.75, 3.05) is 18.5 Å². The summed E-state index contributed by atoms with van der Waals surface area (Å²) in [4.78, 5) is 24.0. The van der Waals surface area contributed by atoms with Crippen LogP contribution < -0.4 is 10.1 Å². The van der Waals surface area contributed by atoms with Crippen LogP contribution in [0.1, 0.15) is 26.5 Å². The van der Waals surface area contributed by atoms with Crippen LogP contribution in [-0.2, 0) is 9.53 Å². The van der Waals surface area contributed by atoms with Crippen LogP contribution in [0, 0.1) is 0 Å². The summed E-state index contributed by atoms with van der Waals surface area (Å²) in [7, 11) is 0. The van der Waals surface area contributed by atoms with Crippen LogP contribution in [-0.4, -0.2) is 61.1 Å². The van der Waals surface area contributed by atoms with Gasteiger partial charge in [-0.25, -0.2) is 4.98 Å². The van der Waals surface area contributed by atoms with E-state index in [2.05, 4.69) is 20.3 Å². The van der Waals surface area contributed by atoms with E-state index in [4.69, 9.17) is 9.47 Å². The first-order chi connectivity index (χ1) is 11.5. The van der Waals surface area contributed by atoms with E-state index < -0.39 is 18.4 Å². The molecule has 0 saturated carbocycles. The summed E-state index contributed by atoms with van der Waals surface area (Å²) in [5.74, 6) is 0.0375. The number of aliphatic hydroxyl groups is 2. The van der Waals surface area contributed by atoms with Gasteiger partial charge in [0.25, 0.3) is 0 Å². The summed E-state index contributed by atoms with van der Waals surface area (Å²) in [5.41, 5.74) is 0.837. The van der Waals surface area contributed by atoms with Gasteiger partial charge in [-0.05, 0) is 6.92 Å². The Labute approximate surface area is 137 Å². The zero-order chi connectivity index (χ0) is 17.3. The number of hydrogen-bond acceptors (Lipinski definition) is 8. The maximum atomic E-state index is 11.3. The number of rotatable bonds is 5. The van der Waals surface area contributed by atoms with Crippen molar-refractivity contribution in [1.82, 2.24) is 19.5 Å². The third-order valence-corrected chi connectivity index (χ3v) is 3.65. The van der Waals surface area contributed by atoms with Gasteiger partial charge in [0.2, 0.25) is 17.7 Å². The second kappa shape index (κ2) is 6.67. The molecule has 130 valence electrons. The van der Waals surface area contributed by atoms with Crippen molar-refractivity contribution in [3.8, 4) is 5.88 Å². The summed E-state index contributed by atoms with van der Waals surface area (Å²) < 4.78 is 12.7. The number of nitrogens with zero attached hydrogens (tertiary/aromatic N) is 4. The molecule has 1 saturated heterocycles. The molecule has 24 heavy (non-hydrogen) atoms. The van der Waals surface area contributed by atoms with Gasteiger partial charge in [-0.2, -0.15) is 9.97 Å². The van der Waals surface area contributed by atoms with Crippen molar-refractivity contribution in [1.29, 1.82) is 0 Å². The van der Waals surface area contributed by atoms with Crippen LogP contribution in [0.5, 0.6) is 5.88 Å². The van der Waals surface area contributed by atoms with Crippen molar-refractivity contribution in [3.63, 3.8) is 0 Å². The Bertz CT molecular complexity index is 748. The largest absolute Gasteiger partial charge is 0.476 e. The van der Waals surface area contributed by atoms with Crippen LogP contribution >= 0.6 is 0 Å². The quantitative estimate of drug-likeness (QED) is 0.685. The Morgan fingerprint density at radius 1 is 1.54 bits per heavy atom. The Morgan fingerprint density at radius 2 is 2.33 bits per heavy atom. The van der Waals surface area contributed by atoms with Crippen molar-refractivity contribution < 1.29 is 24.5 Å². The number of carbonyl (C=O) groups excluding carboxylic acids is 1. The first-order valence-electron chi connectivity index (χ1n) is 7.62. The minimum Gasteiger partial charge on any atom is -0.476 e. The van der Waals surface area contributed by atoms with E-state index >= 15 is 0 Å². The highest BCUT2D eigenvalue weighted by atomic mass is 16.5. The smallest absolute Gasteiger partial charge is 0.247 e. The van der Waals surface area contributed by atoms with Gasteiger partial charge < -0.3 is 19.7 Å². The molecule has 2 aromatic rings. The van der Waals surface area contributed by atoms with Crippen LogP contribution in [0.15, 0.2) is 6.33 Å². The Kier molecular flexibility index (Phi) is 4.60. The molecule has 3 atom stereocenters. The number of aromatic nitrogens is 4. The molecule has 3 rings (SSSR count). The lowest BCUT2D eigenvalue weighted by Crippen LogP contribution is -2.24. The zero-order valence-electron chi connectivity index (χ0n) is 13.3. The number of carbonyl (C=O) groups is 1. The minimum atomic E-state index is -0.777. The molecule has 1 amide bonds. The van der Waals surface area contributed by atoms with Gasteiger partial charge in [0.1, 0.15) is 12.3 Å². The van der Waals surface area contributed by atoms with Crippen molar-refractivity contribution in [2.45, 2.75) is 38.7 Å². The lowest BCUT2D eigenvalue weighted by atomic mass is 10.2. The maximum absolute atomic E-state index is 11.3. The SMILES string of the molecule is CCOc1nc(NC(C)=O)nc2c1ncn2C1CC(O)C(CO)O1. The monoisotopic (exact) mass is 337 g/mol. The molecule has 3 heterocycles. The highest BCUT2D eigenvalue weighted by Crippen LogP contribution is 2.32. The molecule has 3 N–H and O–H groups in total. The number of aliphatic hydroxyl groups excluding tert-OH is 2. The fourth-order valence-electron chi connectivity index (χ4n) is 2.60. The van der Waals surface area contributed by atoms with Gasteiger partial charge in [-0.1, -0.05) is 0 Å². The molecule has 10 heteroatoms. The van der Waals surface area contributed by atoms with Crippen LogP contribution in [0.25, 0.3) is 11.2 Å². The first kappa shape index (κ1) is 16.6. The number of imidazole rings is 1. The second-order valence-corrected chi connectivity index (χ2v) is 5.41. The molecule has 0 aromatic carbocycles. The molecule has 0 spiro atoms. The fourth-order valence-corrected chi connectivity index (χ4v) is 2.60. The van der Waals surface area contributed by atoms with Gasteiger partial charge >= 0.3 is 0 Å². The van der Waals surface area contributed by atoms with Crippen molar-refractivity contribution in [2.24, 2.45) is 0 Å². The van der Waals surface area contributed by atoms with E-state index in [1.165, 1.54) is 13.3 Å². The van der Waals surface area contributed by atoms with E-state index in [9.17, 15) is 15.0 Å². The van der Waals surface area contributed by atoms with E-state index in [1.807, 2.05) is 6.92 Å². The van der Waals surface area contributed by atoms with E-state index in [1.54, 1.807) is 4.57 Å². The molecule has 10 nitrogen and oxygen atoms in total. The fraction of sp³-hybridized carbons (Fsp3) is 0.571. The molecule has 3 unspecified atom stereocenters. The molecule has 1 aliphatic rings. The normalized spacial score (nSPS) is 23.6. The molecule has 2 aromatic heterocycles. The molecular formula is C14H19N5O5. The van der Waals surface area contributed by atoms with Crippen molar-refractivity contribution >= 4 is 23.0 Å². The highest BCUT2D eigenvalue weighted by molar-refractivity contribution is 5.88. The summed E-state index contributed by atoms with van der Waals surface area (Å²) in [5, 5.41) is 21.6. The molecular weight excluding hydrogens is 318 g/mol. The van der Waals surface area contributed by atoms with Crippen molar-refractivity contribution in [3.05, 3.63) is 6.33 Å². The predicted molar refractivity (Wildman–Crippen MR) is 82.4 cm³/mol. The number of hydrogen-bond donors (Lipinski definition) is 3. The topological polar surface area (TPSA) is 132 Å². The molecule has 0 radical (unpaired) electrons. The van der Waals surface area contributed by atoms with Crippen LogP contribution in [0.4, 0.5) is 5.95 Å². The van der Waals surface area contributed by atoms with Gasteiger partial charge in [-0.3, -0.25) is 14.7 Å². The Hall–Kier alpha value is -2.30. The number of ether oxygens (including phenoxy) is 2. The molecule has 1 fully saturated rings. The molecule has 1 aliphatic heterocycles. The zero-order valence-corrected chi connectivity index (χ0v) is 13.3. The maximum Gasteiger partial charge on any atom is 0.247 e. The predicted octanol–water partition coefficient (Wildman–Crippen LogP) is -0.176. The number of anilines is 1. The first-order valence-corrected chi connectivity index (χ1v) is 7.62. The lowest BCUT2D eigenvalue weighted by Gasteiger charge is -2.14. The Morgan fingerprint density at radius 3 is 2.96 bits per heavy atom. The Balaban J connectivity index is 2.03. The lowest BCUT2D eigenvalue weighted by molar-refractivity contribution is -0.114.